The Kier molecular flexibility index (Phi) is 4.04. The van der Waals surface area contributed by atoms with Gasteiger partial charge in [0.2, 0.25) is 0 Å². The molecule has 0 aliphatic carbocycles. The molecule has 0 aliphatic rings. The van der Waals surface area contributed by atoms with Gasteiger partial charge in [0.15, 0.2) is 5.82 Å². The number of pyridine rings is 1. The summed E-state index contributed by atoms with van der Waals surface area (Å²) in [6.07, 6.45) is 1.11. The van der Waals surface area contributed by atoms with Gasteiger partial charge in [-0.15, -0.1) is 0 Å². The lowest BCUT2D eigenvalue weighted by molar-refractivity contribution is -0.385. The van der Waals surface area contributed by atoms with Crippen LogP contribution in [-0.2, 0) is 0 Å². The first-order valence-corrected chi connectivity index (χ1v) is 6.15. The second kappa shape index (κ2) is 5.76. The van der Waals surface area contributed by atoms with Crippen molar-refractivity contribution in [3.8, 4) is 0 Å². The van der Waals surface area contributed by atoms with Crippen molar-refractivity contribution in [3.63, 3.8) is 0 Å². The molecule has 0 radical (unpaired) electrons. The Hall–Kier alpha value is -2.67. The van der Waals surface area contributed by atoms with Crippen LogP contribution in [0.1, 0.15) is 10.4 Å². The van der Waals surface area contributed by atoms with Gasteiger partial charge in [-0.1, -0.05) is 11.6 Å². The number of rotatable bonds is 4. The molecule has 0 bridgehead atoms. The monoisotopic (exact) mass is 307 g/mol. The second-order valence-corrected chi connectivity index (χ2v) is 4.57. The normalized spacial score (nSPS) is 10.2. The zero-order valence-corrected chi connectivity index (χ0v) is 11.6. The smallest absolute Gasteiger partial charge is 0.335 e. The van der Waals surface area contributed by atoms with Crippen LogP contribution in [0.2, 0.25) is 5.02 Å². The predicted octanol–water partition coefficient (Wildman–Crippen LogP) is 3.11. The summed E-state index contributed by atoms with van der Waals surface area (Å²) in [5.41, 5.74) is 0.622. The number of hydrogen-bond donors (Lipinski definition) is 1. The molecule has 1 N–H and O–H groups in total. The van der Waals surface area contributed by atoms with Crippen LogP contribution in [-0.4, -0.2) is 28.0 Å². The summed E-state index contributed by atoms with van der Waals surface area (Å²) in [7, 11) is 1.68. The Morgan fingerprint density at radius 1 is 1.38 bits per heavy atom. The predicted molar refractivity (Wildman–Crippen MR) is 77.4 cm³/mol. The van der Waals surface area contributed by atoms with E-state index >= 15 is 0 Å². The molecule has 1 aromatic heterocycles. The lowest BCUT2D eigenvalue weighted by Crippen LogP contribution is -2.12. The molecular weight excluding hydrogens is 298 g/mol. The van der Waals surface area contributed by atoms with Crippen molar-refractivity contribution in [1.82, 2.24) is 4.98 Å². The van der Waals surface area contributed by atoms with Gasteiger partial charge in [-0.3, -0.25) is 10.1 Å². The third-order valence-electron chi connectivity index (χ3n) is 2.84. The highest BCUT2D eigenvalue weighted by Gasteiger charge is 2.15. The average Bonchev–Trinajstić information content (AvgIpc) is 2.46. The standard InChI is InChI=1S/C13H10ClN3O4/c1-16(9-4-2-8(3-5-9)13(18)19)12-11(14)6-10(7-15-12)17(20)21/h2-7H,1H3,(H,18,19). The first-order chi connectivity index (χ1) is 9.90. The van der Waals surface area contributed by atoms with Crippen molar-refractivity contribution in [3.05, 3.63) is 57.2 Å². The minimum absolute atomic E-state index is 0.133. The Morgan fingerprint density at radius 3 is 2.48 bits per heavy atom. The van der Waals surface area contributed by atoms with Gasteiger partial charge in [-0.2, -0.15) is 0 Å². The molecule has 1 heterocycles. The fourth-order valence-corrected chi connectivity index (χ4v) is 2.00. The van der Waals surface area contributed by atoms with Crippen LogP contribution in [0.15, 0.2) is 36.5 Å². The highest BCUT2D eigenvalue weighted by molar-refractivity contribution is 6.33. The van der Waals surface area contributed by atoms with Crippen LogP contribution in [0.4, 0.5) is 17.2 Å². The molecule has 0 saturated carbocycles. The first kappa shape index (κ1) is 14.7. The number of aromatic nitrogens is 1. The third kappa shape index (κ3) is 3.09. The molecule has 2 aromatic rings. The summed E-state index contributed by atoms with van der Waals surface area (Å²) in [4.78, 5) is 26.4. The number of nitro groups is 1. The SMILES string of the molecule is CN(c1ccc(C(=O)O)cc1)c1ncc([N+](=O)[O-])cc1Cl. The quantitative estimate of drug-likeness (QED) is 0.688. The topological polar surface area (TPSA) is 96.6 Å². The van der Waals surface area contributed by atoms with E-state index in [2.05, 4.69) is 4.98 Å². The molecule has 0 amide bonds. The maximum atomic E-state index is 10.8. The zero-order chi connectivity index (χ0) is 15.6. The molecule has 0 aliphatic heterocycles. The van der Waals surface area contributed by atoms with Gasteiger partial charge in [-0.05, 0) is 24.3 Å². The van der Waals surface area contributed by atoms with Crippen LogP contribution in [0.25, 0.3) is 0 Å². The number of aromatic carboxylic acids is 1. The number of benzene rings is 1. The summed E-state index contributed by atoms with van der Waals surface area (Å²) in [5.74, 6) is -0.680. The van der Waals surface area contributed by atoms with Crippen LogP contribution in [0.5, 0.6) is 0 Å². The molecule has 1 aromatic carbocycles. The van der Waals surface area contributed by atoms with Crippen molar-refractivity contribution in [2.45, 2.75) is 0 Å². The molecule has 2 rings (SSSR count). The van der Waals surface area contributed by atoms with Crippen molar-refractivity contribution >= 4 is 34.8 Å². The van der Waals surface area contributed by atoms with E-state index in [0.29, 0.717) is 11.5 Å². The fourth-order valence-electron chi connectivity index (χ4n) is 1.72. The van der Waals surface area contributed by atoms with Crippen molar-refractivity contribution < 1.29 is 14.8 Å². The molecule has 0 atom stereocenters. The van der Waals surface area contributed by atoms with Gasteiger partial charge in [0, 0.05) is 18.8 Å². The molecule has 8 heteroatoms. The van der Waals surface area contributed by atoms with Gasteiger partial charge in [-0.25, -0.2) is 9.78 Å². The van der Waals surface area contributed by atoms with Crippen molar-refractivity contribution in [2.75, 3.05) is 11.9 Å². The van der Waals surface area contributed by atoms with Gasteiger partial charge >= 0.3 is 5.97 Å². The number of hydrogen-bond acceptors (Lipinski definition) is 5. The van der Waals surface area contributed by atoms with E-state index in [0.717, 1.165) is 6.20 Å². The van der Waals surface area contributed by atoms with Crippen LogP contribution in [0, 0.1) is 10.1 Å². The summed E-state index contributed by atoms with van der Waals surface area (Å²) in [5, 5.41) is 19.6. The summed E-state index contributed by atoms with van der Waals surface area (Å²) < 4.78 is 0. The average molecular weight is 308 g/mol. The molecule has 7 nitrogen and oxygen atoms in total. The number of carboxylic acid groups (broad SMARTS) is 1. The third-order valence-corrected chi connectivity index (χ3v) is 3.12. The lowest BCUT2D eigenvalue weighted by atomic mass is 10.2. The van der Waals surface area contributed by atoms with E-state index in [4.69, 9.17) is 16.7 Å². The zero-order valence-electron chi connectivity index (χ0n) is 10.9. The second-order valence-electron chi connectivity index (χ2n) is 4.17. The van der Waals surface area contributed by atoms with Gasteiger partial charge in [0.25, 0.3) is 5.69 Å². The highest BCUT2D eigenvalue weighted by atomic mass is 35.5. The summed E-state index contributed by atoms with van der Waals surface area (Å²) in [6.45, 7) is 0. The number of halogens is 1. The maximum absolute atomic E-state index is 10.8. The van der Waals surface area contributed by atoms with E-state index < -0.39 is 10.9 Å². The lowest BCUT2D eigenvalue weighted by Gasteiger charge is -2.19. The summed E-state index contributed by atoms with van der Waals surface area (Å²) >= 11 is 6.00. The minimum Gasteiger partial charge on any atom is -0.478 e. The Morgan fingerprint density at radius 2 is 2.00 bits per heavy atom. The molecule has 0 spiro atoms. The molecular formula is C13H10ClN3O4. The largest absolute Gasteiger partial charge is 0.478 e. The maximum Gasteiger partial charge on any atom is 0.335 e. The molecule has 0 saturated heterocycles. The number of carboxylic acids is 1. The Bertz CT molecular complexity index is 703. The van der Waals surface area contributed by atoms with E-state index in [-0.39, 0.29) is 16.3 Å². The first-order valence-electron chi connectivity index (χ1n) is 5.77. The van der Waals surface area contributed by atoms with E-state index in [9.17, 15) is 14.9 Å². The van der Waals surface area contributed by atoms with Crippen LogP contribution in [0.3, 0.4) is 0 Å². The summed E-state index contributed by atoms with van der Waals surface area (Å²) in [6, 6.07) is 7.32. The molecule has 108 valence electrons. The van der Waals surface area contributed by atoms with Gasteiger partial charge < -0.3 is 10.0 Å². The van der Waals surface area contributed by atoms with E-state index in [1.807, 2.05) is 0 Å². The van der Waals surface area contributed by atoms with Crippen LogP contribution >= 0.6 is 11.6 Å². The van der Waals surface area contributed by atoms with Gasteiger partial charge in [0.05, 0.1) is 15.5 Å². The van der Waals surface area contributed by atoms with Gasteiger partial charge in [0.1, 0.15) is 6.20 Å². The molecule has 0 fully saturated rings. The number of nitrogens with zero attached hydrogens (tertiary/aromatic N) is 3. The van der Waals surface area contributed by atoms with Crippen molar-refractivity contribution in [1.29, 1.82) is 0 Å². The number of anilines is 2. The fraction of sp³-hybridized carbons (Fsp3) is 0.0769. The van der Waals surface area contributed by atoms with E-state index in [1.54, 1.807) is 24.1 Å². The Balaban J connectivity index is 2.33. The molecule has 0 unspecified atom stereocenters. The highest BCUT2D eigenvalue weighted by Crippen LogP contribution is 2.30. The van der Waals surface area contributed by atoms with Crippen LogP contribution < -0.4 is 4.90 Å². The Labute approximate surface area is 124 Å². The number of carbonyl (C=O) groups is 1. The van der Waals surface area contributed by atoms with Crippen molar-refractivity contribution in [2.24, 2.45) is 0 Å². The minimum atomic E-state index is -1.02. The molecule has 21 heavy (non-hydrogen) atoms. The van der Waals surface area contributed by atoms with E-state index in [1.165, 1.54) is 18.2 Å².